The van der Waals surface area contributed by atoms with E-state index in [1.54, 1.807) is 29.2 Å². The summed E-state index contributed by atoms with van der Waals surface area (Å²) in [5.74, 6) is 0.512. The molecule has 0 aliphatic carbocycles. The molecular formula is C21H25N3O4. The molecule has 0 unspecified atom stereocenters. The largest absolute Gasteiger partial charge is 0.492 e. The molecule has 2 aromatic rings. The van der Waals surface area contributed by atoms with Crippen LogP contribution in [0.4, 0.5) is 11.4 Å². The lowest BCUT2D eigenvalue weighted by Gasteiger charge is -2.26. The predicted molar refractivity (Wildman–Crippen MR) is 108 cm³/mol. The molecule has 1 aliphatic heterocycles. The fraction of sp³-hybridized carbons (Fsp3) is 0.333. The maximum atomic E-state index is 12.4. The van der Waals surface area contributed by atoms with E-state index in [1.165, 1.54) is 0 Å². The molecule has 2 N–H and O–H groups in total. The van der Waals surface area contributed by atoms with Crippen molar-refractivity contribution in [3.05, 3.63) is 54.1 Å². The maximum Gasteiger partial charge on any atom is 0.254 e. The molecule has 1 saturated heterocycles. The van der Waals surface area contributed by atoms with Gasteiger partial charge in [0.05, 0.1) is 32.1 Å². The number of nitrogens with zero attached hydrogens (tertiary/aromatic N) is 1. The molecule has 1 fully saturated rings. The number of carbonyl (C=O) groups excluding carboxylic acids is 2. The van der Waals surface area contributed by atoms with E-state index in [0.29, 0.717) is 49.9 Å². The van der Waals surface area contributed by atoms with Crippen LogP contribution in [0.2, 0.25) is 0 Å². The van der Waals surface area contributed by atoms with Crippen molar-refractivity contribution in [3.63, 3.8) is 0 Å². The lowest BCUT2D eigenvalue weighted by molar-refractivity contribution is -0.114. The normalized spacial score (nSPS) is 13.7. The number of anilines is 2. The van der Waals surface area contributed by atoms with Gasteiger partial charge in [0.25, 0.3) is 5.91 Å². The van der Waals surface area contributed by atoms with E-state index in [1.807, 2.05) is 31.2 Å². The molecule has 0 spiro atoms. The molecule has 7 nitrogen and oxygen atoms in total. The highest BCUT2D eigenvalue weighted by Crippen LogP contribution is 2.23. The Labute approximate surface area is 164 Å². The molecule has 0 atom stereocenters. The fourth-order valence-corrected chi connectivity index (χ4v) is 2.92. The zero-order valence-electron chi connectivity index (χ0n) is 15.9. The zero-order chi connectivity index (χ0) is 19.8. The Morgan fingerprint density at radius 2 is 1.79 bits per heavy atom. The molecule has 1 heterocycles. The van der Waals surface area contributed by atoms with Crippen molar-refractivity contribution in [3.8, 4) is 5.75 Å². The minimum absolute atomic E-state index is 0.0182. The molecule has 2 amide bonds. The third kappa shape index (κ3) is 5.23. The topological polar surface area (TPSA) is 79.9 Å². The fourth-order valence-electron chi connectivity index (χ4n) is 2.92. The van der Waals surface area contributed by atoms with Crippen molar-refractivity contribution >= 4 is 23.2 Å². The zero-order valence-corrected chi connectivity index (χ0v) is 15.9. The number of morpholine rings is 1. The Bertz CT molecular complexity index is 802. The number of para-hydroxylation sites is 2. The number of carbonyl (C=O) groups is 2. The molecule has 0 bridgehead atoms. The van der Waals surface area contributed by atoms with Gasteiger partial charge in [0.2, 0.25) is 5.91 Å². The molecule has 3 rings (SSSR count). The summed E-state index contributed by atoms with van der Waals surface area (Å²) in [7, 11) is 0. The van der Waals surface area contributed by atoms with Gasteiger partial charge in [-0.1, -0.05) is 12.1 Å². The first kappa shape index (κ1) is 19.7. The second-order valence-corrected chi connectivity index (χ2v) is 6.31. The first-order valence-electron chi connectivity index (χ1n) is 9.40. The molecule has 7 heteroatoms. The van der Waals surface area contributed by atoms with Gasteiger partial charge in [-0.15, -0.1) is 0 Å². The third-order valence-corrected chi connectivity index (χ3v) is 4.34. The summed E-state index contributed by atoms with van der Waals surface area (Å²) < 4.78 is 10.8. The highest BCUT2D eigenvalue weighted by molar-refractivity contribution is 5.96. The van der Waals surface area contributed by atoms with E-state index in [-0.39, 0.29) is 18.4 Å². The summed E-state index contributed by atoms with van der Waals surface area (Å²) in [6, 6.07) is 14.4. The highest BCUT2D eigenvalue weighted by atomic mass is 16.5. The number of ether oxygens (including phenoxy) is 2. The van der Waals surface area contributed by atoms with E-state index in [0.717, 1.165) is 5.69 Å². The van der Waals surface area contributed by atoms with E-state index < -0.39 is 0 Å². The molecule has 0 saturated carbocycles. The van der Waals surface area contributed by atoms with Crippen LogP contribution >= 0.6 is 0 Å². The summed E-state index contributed by atoms with van der Waals surface area (Å²) in [5, 5.41) is 5.90. The Balaban J connectivity index is 1.52. The van der Waals surface area contributed by atoms with Gasteiger partial charge in [0.15, 0.2) is 0 Å². The Morgan fingerprint density at radius 3 is 2.50 bits per heavy atom. The molecule has 0 aromatic heterocycles. The van der Waals surface area contributed by atoms with Crippen LogP contribution in [0.5, 0.6) is 5.75 Å². The van der Waals surface area contributed by atoms with Gasteiger partial charge in [-0.25, -0.2) is 0 Å². The van der Waals surface area contributed by atoms with Crippen molar-refractivity contribution < 1.29 is 19.1 Å². The number of rotatable bonds is 7. The smallest absolute Gasteiger partial charge is 0.254 e. The second kappa shape index (κ2) is 9.75. The van der Waals surface area contributed by atoms with Crippen molar-refractivity contribution in [1.82, 2.24) is 4.90 Å². The molecule has 2 aromatic carbocycles. The highest BCUT2D eigenvalue weighted by Gasteiger charge is 2.18. The lowest BCUT2D eigenvalue weighted by atomic mass is 10.1. The van der Waals surface area contributed by atoms with Crippen LogP contribution in [0.25, 0.3) is 0 Å². The van der Waals surface area contributed by atoms with E-state index >= 15 is 0 Å². The monoisotopic (exact) mass is 383 g/mol. The van der Waals surface area contributed by atoms with Crippen molar-refractivity contribution in [2.24, 2.45) is 0 Å². The first-order chi connectivity index (χ1) is 13.7. The summed E-state index contributed by atoms with van der Waals surface area (Å²) in [4.78, 5) is 26.4. The molecule has 1 aliphatic rings. The number of nitrogens with one attached hydrogen (secondary N) is 2. The van der Waals surface area contributed by atoms with E-state index in [2.05, 4.69) is 10.6 Å². The summed E-state index contributed by atoms with van der Waals surface area (Å²) in [5.41, 5.74) is 2.01. The standard InChI is InChI=1S/C21H25N3O4/c1-2-28-19-6-4-3-5-18(19)22-15-20(25)23-17-9-7-16(8-10-17)21(26)24-11-13-27-14-12-24/h3-10,22H,2,11-15H2,1H3,(H,23,25). The molecule has 148 valence electrons. The van der Waals surface area contributed by atoms with Crippen molar-refractivity contribution in [2.45, 2.75) is 6.92 Å². The average molecular weight is 383 g/mol. The lowest BCUT2D eigenvalue weighted by Crippen LogP contribution is -2.40. The molecular weight excluding hydrogens is 358 g/mol. The third-order valence-electron chi connectivity index (χ3n) is 4.34. The van der Waals surface area contributed by atoms with Crippen molar-refractivity contribution in [1.29, 1.82) is 0 Å². The van der Waals surface area contributed by atoms with Gasteiger partial charge < -0.3 is 25.0 Å². The van der Waals surface area contributed by atoms with Crippen LogP contribution < -0.4 is 15.4 Å². The Morgan fingerprint density at radius 1 is 1.07 bits per heavy atom. The number of hydrogen-bond donors (Lipinski definition) is 2. The van der Waals surface area contributed by atoms with Crippen LogP contribution in [0.15, 0.2) is 48.5 Å². The van der Waals surface area contributed by atoms with Crippen LogP contribution in [-0.4, -0.2) is 56.2 Å². The second-order valence-electron chi connectivity index (χ2n) is 6.31. The minimum atomic E-state index is -0.182. The first-order valence-corrected chi connectivity index (χ1v) is 9.40. The Kier molecular flexibility index (Phi) is 6.86. The number of benzene rings is 2. The summed E-state index contributed by atoms with van der Waals surface area (Å²) in [6.07, 6.45) is 0. The van der Waals surface area contributed by atoms with Crippen LogP contribution in [0, 0.1) is 0 Å². The van der Waals surface area contributed by atoms with E-state index in [9.17, 15) is 9.59 Å². The van der Waals surface area contributed by atoms with Gasteiger partial charge in [0.1, 0.15) is 5.75 Å². The SMILES string of the molecule is CCOc1ccccc1NCC(=O)Nc1ccc(C(=O)N2CCOCC2)cc1. The molecule has 0 radical (unpaired) electrons. The minimum Gasteiger partial charge on any atom is -0.492 e. The predicted octanol–water partition coefficient (Wildman–Crippen LogP) is 2.61. The summed E-state index contributed by atoms with van der Waals surface area (Å²) >= 11 is 0. The summed E-state index contributed by atoms with van der Waals surface area (Å²) in [6.45, 7) is 4.92. The van der Waals surface area contributed by atoms with Gasteiger partial charge in [-0.2, -0.15) is 0 Å². The van der Waals surface area contributed by atoms with Gasteiger partial charge in [-0.3, -0.25) is 9.59 Å². The van der Waals surface area contributed by atoms with Crippen LogP contribution in [0.3, 0.4) is 0 Å². The quantitative estimate of drug-likeness (QED) is 0.768. The average Bonchev–Trinajstić information content (AvgIpc) is 2.74. The number of amides is 2. The Hall–Kier alpha value is -3.06. The van der Waals surface area contributed by atoms with Gasteiger partial charge >= 0.3 is 0 Å². The number of hydrogen-bond acceptors (Lipinski definition) is 5. The van der Waals surface area contributed by atoms with Crippen molar-refractivity contribution in [2.75, 3.05) is 50.1 Å². The van der Waals surface area contributed by atoms with Gasteiger partial charge in [0, 0.05) is 24.3 Å². The molecule has 28 heavy (non-hydrogen) atoms. The maximum absolute atomic E-state index is 12.4. The van der Waals surface area contributed by atoms with E-state index in [4.69, 9.17) is 9.47 Å². The van der Waals surface area contributed by atoms with Crippen LogP contribution in [0.1, 0.15) is 17.3 Å². The van der Waals surface area contributed by atoms with Gasteiger partial charge in [-0.05, 0) is 43.3 Å². The van der Waals surface area contributed by atoms with Crippen LogP contribution in [-0.2, 0) is 9.53 Å².